The van der Waals surface area contributed by atoms with Crippen LogP contribution in [-0.4, -0.2) is 38.3 Å². The van der Waals surface area contributed by atoms with Crippen LogP contribution in [0.3, 0.4) is 0 Å². The molecule has 0 atom stereocenters. The summed E-state index contributed by atoms with van der Waals surface area (Å²) in [5.41, 5.74) is -0.320. The van der Waals surface area contributed by atoms with Gasteiger partial charge in [-0.3, -0.25) is 9.59 Å². The second kappa shape index (κ2) is 8.35. The average Bonchev–Trinajstić information content (AvgIpc) is 3.11. The highest BCUT2D eigenvalue weighted by Gasteiger charge is 2.21. The van der Waals surface area contributed by atoms with E-state index in [1.54, 1.807) is 38.1 Å². The Morgan fingerprint density at radius 3 is 2.56 bits per heavy atom. The summed E-state index contributed by atoms with van der Waals surface area (Å²) in [4.78, 5) is 57.1. The number of nitrogens with one attached hydrogen (secondary N) is 1. The normalized spacial score (nSPS) is 11.1. The van der Waals surface area contributed by atoms with Crippen LogP contribution in [-0.2, 0) is 23.1 Å². The lowest BCUT2D eigenvalue weighted by Gasteiger charge is -2.08. The minimum Gasteiger partial charge on any atom is -0.462 e. The van der Waals surface area contributed by atoms with E-state index >= 15 is 0 Å². The van der Waals surface area contributed by atoms with Crippen molar-refractivity contribution < 1.29 is 19.1 Å². The number of hydrogen-bond donors (Lipinski definition) is 1. The lowest BCUT2D eigenvalue weighted by Crippen LogP contribution is -2.24. The van der Waals surface area contributed by atoms with Crippen LogP contribution in [0.25, 0.3) is 21.0 Å². The van der Waals surface area contributed by atoms with E-state index in [0.29, 0.717) is 31.4 Å². The molecular weight excluding hydrogens is 436 g/mol. The number of hydrogen-bond acceptors (Lipinski definition) is 9. The number of H-pyrrole nitrogens is 1. The van der Waals surface area contributed by atoms with Gasteiger partial charge < -0.3 is 14.5 Å². The number of rotatable bonds is 5. The first-order chi connectivity index (χ1) is 15.3. The van der Waals surface area contributed by atoms with E-state index in [0.717, 1.165) is 16.0 Å². The molecule has 0 saturated carbocycles. The fraction of sp³-hybridized carbons (Fsp3) is 0.238. The van der Waals surface area contributed by atoms with E-state index in [1.165, 1.54) is 7.05 Å². The van der Waals surface area contributed by atoms with E-state index in [-0.39, 0.29) is 30.3 Å². The minimum absolute atomic E-state index is 0.0253. The van der Waals surface area contributed by atoms with Gasteiger partial charge >= 0.3 is 11.9 Å². The molecule has 0 unspecified atom stereocenters. The molecule has 1 aromatic carbocycles. The zero-order valence-corrected chi connectivity index (χ0v) is 18.2. The van der Waals surface area contributed by atoms with Crippen LogP contribution >= 0.6 is 11.3 Å². The fourth-order valence-electron chi connectivity index (χ4n) is 3.30. The standard InChI is InChI=1S/C21H18N4O6S/c1-4-30-21(29)16-10(2)14-17(26)22-13(23-18(14)32-16)9-31-20(28)15-11-7-5-6-8-12(11)19(27)25(3)24-15/h5-8H,4,9H2,1-3H3,(H,22,23,26). The molecule has 4 aromatic rings. The quantitative estimate of drug-likeness (QED) is 0.453. The lowest BCUT2D eigenvalue weighted by molar-refractivity contribution is 0.0454. The van der Waals surface area contributed by atoms with Crippen LogP contribution in [0.2, 0.25) is 0 Å². The Morgan fingerprint density at radius 2 is 1.84 bits per heavy atom. The van der Waals surface area contributed by atoms with Crippen LogP contribution < -0.4 is 11.1 Å². The molecule has 0 fully saturated rings. The molecule has 0 bridgehead atoms. The molecule has 164 valence electrons. The van der Waals surface area contributed by atoms with Crippen molar-refractivity contribution in [1.82, 2.24) is 19.7 Å². The molecule has 3 aromatic heterocycles. The summed E-state index contributed by atoms with van der Waals surface area (Å²) in [6, 6.07) is 6.59. The van der Waals surface area contributed by atoms with Gasteiger partial charge in [0.05, 0.1) is 17.4 Å². The summed E-state index contributed by atoms with van der Waals surface area (Å²) in [7, 11) is 1.44. The number of fused-ring (bicyclic) bond motifs is 2. The number of aromatic nitrogens is 4. The molecule has 4 rings (SSSR count). The maximum absolute atomic E-state index is 12.7. The number of aryl methyl sites for hydroxylation is 2. The SMILES string of the molecule is CCOC(=O)c1sc2nc(COC(=O)c3nn(C)c(=O)c4ccccc34)[nH]c(=O)c2c1C. The fourth-order valence-corrected chi connectivity index (χ4v) is 4.40. The summed E-state index contributed by atoms with van der Waals surface area (Å²) in [5.74, 6) is -1.18. The molecule has 0 spiro atoms. The van der Waals surface area contributed by atoms with Crippen LogP contribution in [0.4, 0.5) is 0 Å². The van der Waals surface area contributed by atoms with Crippen molar-refractivity contribution >= 4 is 44.3 Å². The minimum atomic E-state index is -0.769. The third-order valence-corrected chi connectivity index (χ3v) is 5.97. The Hall–Kier alpha value is -3.86. The van der Waals surface area contributed by atoms with E-state index < -0.39 is 17.5 Å². The first-order valence-electron chi connectivity index (χ1n) is 9.64. The molecule has 0 aliphatic carbocycles. The summed E-state index contributed by atoms with van der Waals surface area (Å²) in [5, 5.41) is 5.02. The molecule has 0 aliphatic heterocycles. The Labute approximate surface area is 184 Å². The summed E-state index contributed by atoms with van der Waals surface area (Å²) in [6.45, 7) is 3.23. The number of carbonyl (C=O) groups excluding carboxylic acids is 2. The van der Waals surface area contributed by atoms with Gasteiger partial charge in [-0.15, -0.1) is 11.3 Å². The van der Waals surface area contributed by atoms with Crippen molar-refractivity contribution in [3.05, 3.63) is 66.9 Å². The predicted octanol–water partition coefficient (Wildman–Crippen LogP) is 2.07. The summed E-state index contributed by atoms with van der Waals surface area (Å²) < 4.78 is 11.4. The van der Waals surface area contributed by atoms with Crippen LogP contribution in [0.5, 0.6) is 0 Å². The highest BCUT2D eigenvalue weighted by atomic mass is 32.1. The van der Waals surface area contributed by atoms with Gasteiger partial charge in [0.25, 0.3) is 11.1 Å². The molecule has 1 N–H and O–H groups in total. The molecule has 10 nitrogen and oxygen atoms in total. The Bertz CT molecular complexity index is 1500. The second-order valence-electron chi connectivity index (χ2n) is 6.87. The van der Waals surface area contributed by atoms with Crippen molar-refractivity contribution in [3.8, 4) is 0 Å². The van der Waals surface area contributed by atoms with Gasteiger partial charge in [0.2, 0.25) is 0 Å². The third kappa shape index (κ3) is 3.66. The number of aromatic amines is 1. The number of esters is 2. The maximum atomic E-state index is 12.7. The summed E-state index contributed by atoms with van der Waals surface area (Å²) >= 11 is 1.04. The van der Waals surface area contributed by atoms with E-state index in [1.807, 2.05) is 0 Å². The van der Waals surface area contributed by atoms with Gasteiger partial charge in [-0.2, -0.15) is 5.10 Å². The highest BCUT2D eigenvalue weighted by Crippen LogP contribution is 2.27. The first kappa shape index (κ1) is 21.4. The Morgan fingerprint density at radius 1 is 1.12 bits per heavy atom. The number of ether oxygens (including phenoxy) is 2. The van der Waals surface area contributed by atoms with Gasteiger partial charge in [-0.25, -0.2) is 19.3 Å². The van der Waals surface area contributed by atoms with Crippen molar-refractivity contribution in [1.29, 1.82) is 0 Å². The van der Waals surface area contributed by atoms with Gasteiger partial charge in [0.1, 0.15) is 22.1 Å². The molecule has 11 heteroatoms. The maximum Gasteiger partial charge on any atom is 0.359 e. The Balaban J connectivity index is 1.64. The van der Waals surface area contributed by atoms with Gasteiger partial charge in [-0.1, -0.05) is 18.2 Å². The molecule has 0 radical (unpaired) electrons. The topological polar surface area (TPSA) is 133 Å². The van der Waals surface area contributed by atoms with E-state index in [4.69, 9.17) is 9.47 Å². The number of nitrogens with zero attached hydrogens (tertiary/aromatic N) is 3. The van der Waals surface area contributed by atoms with Gasteiger partial charge in [-0.05, 0) is 25.5 Å². The zero-order valence-electron chi connectivity index (χ0n) is 17.4. The third-order valence-electron chi connectivity index (χ3n) is 4.80. The van der Waals surface area contributed by atoms with Gasteiger partial charge in [0, 0.05) is 12.4 Å². The van der Waals surface area contributed by atoms with Crippen LogP contribution in [0.1, 0.15) is 38.5 Å². The smallest absolute Gasteiger partial charge is 0.359 e. The van der Waals surface area contributed by atoms with E-state index in [9.17, 15) is 19.2 Å². The number of carbonyl (C=O) groups is 2. The monoisotopic (exact) mass is 454 g/mol. The largest absolute Gasteiger partial charge is 0.462 e. The molecule has 0 saturated heterocycles. The number of thiophene rings is 1. The summed E-state index contributed by atoms with van der Waals surface area (Å²) in [6.07, 6.45) is 0. The zero-order chi connectivity index (χ0) is 23.0. The van der Waals surface area contributed by atoms with Crippen LogP contribution in [0, 0.1) is 6.92 Å². The lowest BCUT2D eigenvalue weighted by atomic mass is 10.1. The predicted molar refractivity (Wildman–Crippen MR) is 117 cm³/mol. The molecule has 32 heavy (non-hydrogen) atoms. The molecule has 0 aliphatic rings. The average molecular weight is 454 g/mol. The van der Waals surface area contributed by atoms with Crippen LogP contribution in [0.15, 0.2) is 33.9 Å². The van der Waals surface area contributed by atoms with Gasteiger partial charge in [0.15, 0.2) is 5.69 Å². The molecular formula is C21H18N4O6S. The van der Waals surface area contributed by atoms with Crippen molar-refractivity contribution in [2.75, 3.05) is 6.61 Å². The Kier molecular flexibility index (Phi) is 5.57. The van der Waals surface area contributed by atoms with Crippen molar-refractivity contribution in [3.63, 3.8) is 0 Å². The second-order valence-corrected chi connectivity index (χ2v) is 7.87. The van der Waals surface area contributed by atoms with E-state index in [2.05, 4.69) is 15.1 Å². The molecule has 0 amide bonds. The number of benzene rings is 1. The first-order valence-corrected chi connectivity index (χ1v) is 10.5. The molecule has 3 heterocycles. The van der Waals surface area contributed by atoms with Crippen molar-refractivity contribution in [2.24, 2.45) is 7.05 Å². The van der Waals surface area contributed by atoms with Crippen molar-refractivity contribution in [2.45, 2.75) is 20.5 Å². The highest BCUT2D eigenvalue weighted by molar-refractivity contribution is 7.20.